The van der Waals surface area contributed by atoms with Gasteiger partial charge in [-0.05, 0) is 12.8 Å². The summed E-state index contributed by atoms with van der Waals surface area (Å²) in [6.07, 6.45) is 2.50. The number of morpholine rings is 1. The zero-order valence-electron chi connectivity index (χ0n) is 12.4. The van der Waals surface area contributed by atoms with E-state index in [2.05, 4.69) is 0 Å². The number of carbonyl (C=O) groups excluding carboxylic acids is 2. The first-order chi connectivity index (χ1) is 10.2. The summed E-state index contributed by atoms with van der Waals surface area (Å²) in [7, 11) is 1.31. The quantitative estimate of drug-likeness (QED) is 0.507. The maximum absolute atomic E-state index is 12.2. The largest absolute Gasteiger partial charge is 0.467 e. The molecule has 21 heavy (non-hydrogen) atoms. The number of amides is 1. The van der Waals surface area contributed by atoms with Gasteiger partial charge in [-0.1, -0.05) is 0 Å². The van der Waals surface area contributed by atoms with E-state index >= 15 is 0 Å². The molecule has 0 unspecified atom stereocenters. The lowest BCUT2D eigenvalue weighted by atomic mass is 10.2. The molecule has 2 fully saturated rings. The minimum Gasteiger partial charge on any atom is -0.467 e. The number of nitrogens with zero attached hydrogens (tertiary/aromatic N) is 1. The molecule has 0 N–H and O–H groups in total. The van der Waals surface area contributed by atoms with Gasteiger partial charge in [0.2, 0.25) is 5.91 Å². The summed E-state index contributed by atoms with van der Waals surface area (Å²) in [4.78, 5) is 25.3. The fourth-order valence-corrected chi connectivity index (χ4v) is 2.53. The van der Waals surface area contributed by atoms with Gasteiger partial charge in [-0.2, -0.15) is 0 Å². The molecule has 1 amide bonds. The highest BCUT2D eigenvalue weighted by molar-refractivity contribution is 5.84. The maximum atomic E-state index is 12.2. The molecule has 2 atom stereocenters. The van der Waals surface area contributed by atoms with Crippen LogP contribution in [-0.2, 0) is 28.5 Å². The molecule has 0 spiro atoms. The van der Waals surface area contributed by atoms with E-state index < -0.39 is 12.0 Å². The van der Waals surface area contributed by atoms with E-state index in [0.29, 0.717) is 26.4 Å². The Labute approximate surface area is 124 Å². The van der Waals surface area contributed by atoms with E-state index in [4.69, 9.17) is 18.9 Å². The molecule has 7 nitrogen and oxygen atoms in total. The number of hydrogen-bond acceptors (Lipinski definition) is 6. The summed E-state index contributed by atoms with van der Waals surface area (Å²) in [5.74, 6) is -0.552. The van der Waals surface area contributed by atoms with Gasteiger partial charge in [0.05, 0.1) is 46.1 Å². The van der Waals surface area contributed by atoms with Crippen LogP contribution >= 0.6 is 0 Å². The Hall–Kier alpha value is -1.18. The molecule has 7 heteroatoms. The normalized spacial score (nSPS) is 25.9. The third-order valence-corrected chi connectivity index (χ3v) is 3.71. The predicted molar refractivity (Wildman–Crippen MR) is 72.7 cm³/mol. The number of hydrogen-bond donors (Lipinski definition) is 0. The van der Waals surface area contributed by atoms with Crippen molar-refractivity contribution in [3.63, 3.8) is 0 Å². The Balaban J connectivity index is 1.71. The van der Waals surface area contributed by atoms with Gasteiger partial charge in [0.1, 0.15) is 0 Å². The molecule has 2 aliphatic heterocycles. The third kappa shape index (κ3) is 4.66. The van der Waals surface area contributed by atoms with Crippen LogP contribution in [0.2, 0.25) is 0 Å². The van der Waals surface area contributed by atoms with Gasteiger partial charge in [-0.3, -0.25) is 4.79 Å². The van der Waals surface area contributed by atoms with E-state index in [9.17, 15) is 9.59 Å². The van der Waals surface area contributed by atoms with E-state index in [1.165, 1.54) is 12.0 Å². The van der Waals surface area contributed by atoms with Gasteiger partial charge in [-0.25, -0.2) is 4.79 Å². The first-order valence-corrected chi connectivity index (χ1v) is 7.36. The van der Waals surface area contributed by atoms with Crippen molar-refractivity contribution in [2.75, 3.05) is 46.7 Å². The third-order valence-electron chi connectivity index (χ3n) is 3.71. The Morgan fingerprint density at radius 2 is 2.19 bits per heavy atom. The predicted octanol–water partition coefficient (Wildman–Crippen LogP) is -0.0275. The van der Waals surface area contributed by atoms with Crippen LogP contribution in [0.3, 0.4) is 0 Å². The Morgan fingerprint density at radius 3 is 2.90 bits per heavy atom. The highest BCUT2D eigenvalue weighted by Crippen LogP contribution is 2.13. The van der Waals surface area contributed by atoms with Crippen LogP contribution in [0.25, 0.3) is 0 Å². The summed E-state index contributed by atoms with van der Waals surface area (Å²) < 4.78 is 20.9. The number of ether oxygens (including phenoxy) is 4. The van der Waals surface area contributed by atoms with Gasteiger partial charge in [0.15, 0.2) is 6.04 Å². The van der Waals surface area contributed by atoms with Crippen LogP contribution in [0.15, 0.2) is 0 Å². The van der Waals surface area contributed by atoms with Crippen molar-refractivity contribution in [1.82, 2.24) is 4.90 Å². The van der Waals surface area contributed by atoms with E-state index in [0.717, 1.165) is 19.4 Å². The van der Waals surface area contributed by atoms with Gasteiger partial charge in [0, 0.05) is 13.2 Å². The molecular weight excluding hydrogens is 278 g/mol. The zero-order valence-corrected chi connectivity index (χ0v) is 12.4. The molecular formula is C14H23NO6. The van der Waals surface area contributed by atoms with E-state index in [1.807, 2.05) is 0 Å². The summed E-state index contributed by atoms with van der Waals surface area (Å²) in [6, 6.07) is -0.644. The second kappa shape index (κ2) is 8.31. The second-order valence-electron chi connectivity index (χ2n) is 5.16. The Morgan fingerprint density at radius 1 is 1.33 bits per heavy atom. The van der Waals surface area contributed by atoms with Gasteiger partial charge in [0.25, 0.3) is 0 Å². The molecule has 0 aliphatic carbocycles. The number of esters is 1. The summed E-state index contributed by atoms with van der Waals surface area (Å²) in [5, 5.41) is 0. The molecule has 2 aliphatic rings. The lowest BCUT2D eigenvalue weighted by Crippen LogP contribution is -2.53. The lowest BCUT2D eigenvalue weighted by Gasteiger charge is -2.33. The van der Waals surface area contributed by atoms with Crippen LogP contribution in [0.1, 0.15) is 19.3 Å². The topological polar surface area (TPSA) is 74.3 Å². The van der Waals surface area contributed by atoms with Crippen LogP contribution in [-0.4, -0.2) is 75.6 Å². The standard InChI is InChI=1S/C14H23NO6/c1-18-14(17)12-10-20-8-5-15(12)13(16)4-7-19-9-11-3-2-6-21-11/h11-12H,2-10H2,1H3/t11-,12-/m1/s1. The van der Waals surface area contributed by atoms with E-state index in [-0.39, 0.29) is 25.0 Å². The maximum Gasteiger partial charge on any atom is 0.331 e. The Bertz CT molecular complexity index is 355. The van der Waals surface area contributed by atoms with Crippen LogP contribution < -0.4 is 0 Å². The van der Waals surface area contributed by atoms with Gasteiger partial charge >= 0.3 is 5.97 Å². The summed E-state index contributed by atoms with van der Waals surface area (Å²) in [6.45, 7) is 2.69. The Kier molecular flexibility index (Phi) is 6.41. The minimum atomic E-state index is -0.644. The molecule has 2 heterocycles. The van der Waals surface area contributed by atoms with Crippen molar-refractivity contribution in [3.05, 3.63) is 0 Å². The van der Waals surface area contributed by atoms with Crippen molar-refractivity contribution in [2.45, 2.75) is 31.4 Å². The van der Waals surface area contributed by atoms with Crippen LogP contribution in [0, 0.1) is 0 Å². The first-order valence-electron chi connectivity index (χ1n) is 7.36. The monoisotopic (exact) mass is 301 g/mol. The van der Waals surface area contributed by atoms with Crippen LogP contribution in [0.5, 0.6) is 0 Å². The van der Waals surface area contributed by atoms with E-state index in [1.54, 1.807) is 0 Å². The highest BCUT2D eigenvalue weighted by atomic mass is 16.5. The number of rotatable bonds is 6. The number of carbonyl (C=O) groups is 2. The van der Waals surface area contributed by atoms with Crippen LogP contribution in [0.4, 0.5) is 0 Å². The van der Waals surface area contributed by atoms with Crippen molar-refractivity contribution >= 4 is 11.9 Å². The molecule has 2 saturated heterocycles. The molecule has 0 aromatic heterocycles. The fourth-order valence-electron chi connectivity index (χ4n) is 2.53. The van der Waals surface area contributed by atoms with Gasteiger partial charge in [-0.15, -0.1) is 0 Å². The van der Waals surface area contributed by atoms with Crippen molar-refractivity contribution in [2.24, 2.45) is 0 Å². The second-order valence-corrected chi connectivity index (χ2v) is 5.16. The smallest absolute Gasteiger partial charge is 0.331 e. The fraction of sp³-hybridized carbons (Fsp3) is 0.857. The average molecular weight is 301 g/mol. The zero-order chi connectivity index (χ0) is 15.1. The first kappa shape index (κ1) is 16.2. The summed E-state index contributed by atoms with van der Waals surface area (Å²) in [5.41, 5.74) is 0. The lowest BCUT2D eigenvalue weighted by molar-refractivity contribution is -0.161. The average Bonchev–Trinajstić information content (AvgIpc) is 3.04. The number of methoxy groups -OCH3 is 1. The van der Waals surface area contributed by atoms with Gasteiger partial charge < -0.3 is 23.8 Å². The molecule has 2 rings (SSSR count). The van der Waals surface area contributed by atoms with Crippen molar-refractivity contribution < 1.29 is 28.5 Å². The highest BCUT2D eigenvalue weighted by Gasteiger charge is 2.33. The molecule has 0 aromatic carbocycles. The molecule has 0 radical (unpaired) electrons. The molecule has 120 valence electrons. The minimum absolute atomic E-state index is 0.110. The SMILES string of the molecule is COC(=O)[C@H]1COCCN1C(=O)CCOC[C@H]1CCCO1. The van der Waals surface area contributed by atoms with Crippen molar-refractivity contribution in [1.29, 1.82) is 0 Å². The molecule has 0 saturated carbocycles. The molecule has 0 aromatic rings. The summed E-state index contributed by atoms with van der Waals surface area (Å²) >= 11 is 0. The van der Waals surface area contributed by atoms with Crippen molar-refractivity contribution in [3.8, 4) is 0 Å². The molecule has 0 bridgehead atoms.